The first-order chi connectivity index (χ1) is 11.8. The van der Waals surface area contributed by atoms with E-state index in [0.717, 1.165) is 32.1 Å². The van der Waals surface area contributed by atoms with E-state index in [0.29, 0.717) is 11.3 Å². The molecular weight excluding hydrogens is 300 g/mol. The Kier molecular flexibility index (Phi) is 3.51. The van der Waals surface area contributed by atoms with E-state index in [1.165, 1.54) is 56.2 Å². The predicted octanol–water partition coefficient (Wildman–Crippen LogP) is 3.39. The molecule has 5 rings (SSSR count). The monoisotopic (exact) mass is 326 g/mol. The summed E-state index contributed by atoms with van der Waals surface area (Å²) in [7, 11) is 0. The van der Waals surface area contributed by atoms with Crippen molar-refractivity contribution in [1.82, 2.24) is 14.6 Å². The van der Waals surface area contributed by atoms with Gasteiger partial charge in [-0.1, -0.05) is 6.42 Å². The third kappa shape index (κ3) is 2.41. The van der Waals surface area contributed by atoms with Crippen LogP contribution in [0.5, 0.6) is 0 Å². The van der Waals surface area contributed by atoms with Gasteiger partial charge >= 0.3 is 0 Å². The molecule has 2 aromatic rings. The molecule has 1 spiro atoms. The Hall–Kier alpha value is -1.62. The highest BCUT2D eigenvalue weighted by Gasteiger charge is 2.38. The fourth-order valence-electron chi connectivity index (χ4n) is 4.70. The van der Waals surface area contributed by atoms with E-state index in [9.17, 15) is 0 Å². The molecule has 4 heterocycles. The SMILES string of the molecule is c1cn2nc(C3CCC3)cc2c(N2CCCC3(CCCOC3)C2)n1. The van der Waals surface area contributed by atoms with Gasteiger partial charge in [0.2, 0.25) is 0 Å². The summed E-state index contributed by atoms with van der Waals surface area (Å²) in [4.78, 5) is 7.24. The second kappa shape index (κ2) is 5.73. The van der Waals surface area contributed by atoms with Crippen molar-refractivity contribution < 1.29 is 4.74 Å². The second-order valence-corrected chi connectivity index (χ2v) is 7.96. The molecule has 0 aromatic carbocycles. The minimum absolute atomic E-state index is 0.335. The molecule has 5 heteroatoms. The molecule has 0 radical (unpaired) electrons. The molecule has 5 nitrogen and oxygen atoms in total. The first kappa shape index (κ1) is 14.7. The average Bonchev–Trinajstić information content (AvgIpc) is 2.97. The van der Waals surface area contributed by atoms with Crippen LogP contribution in [0.2, 0.25) is 0 Å². The number of rotatable bonds is 2. The van der Waals surface area contributed by atoms with E-state index in [1.54, 1.807) is 0 Å². The summed E-state index contributed by atoms with van der Waals surface area (Å²) in [6.45, 7) is 4.02. The molecule has 1 unspecified atom stereocenters. The maximum absolute atomic E-state index is 5.83. The van der Waals surface area contributed by atoms with E-state index in [2.05, 4.69) is 11.0 Å². The molecule has 2 aliphatic heterocycles. The van der Waals surface area contributed by atoms with Crippen LogP contribution in [0.15, 0.2) is 18.5 Å². The van der Waals surface area contributed by atoms with Crippen molar-refractivity contribution in [3.05, 3.63) is 24.2 Å². The molecule has 24 heavy (non-hydrogen) atoms. The maximum atomic E-state index is 5.83. The summed E-state index contributed by atoms with van der Waals surface area (Å²) in [5.74, 6) is 1.78. The lowest BCUT2D eigenvalue weighted by molar-refractivity contribution is -0.0150. The van der Waals surface area contributed by atoms with Crippen molar-refractivity contribution in [2.24, 2.45) is 5.41 Å². The molecule has 1 atom stereocenters. The molecule has 2 aromatic heterocycles. The van der Waals surface area contributed by atoms with Gasteiger partial charge in [-0.2, -0.15) is 5.10 Å². The number of ether oxygens (including phenoxy) is 1. The zero-order valence-corrected chi connectivity index (χ0v) is 14.3. The van der Waals surface area contributed by atoms with Crippen molar-refractivity contribution >= 4 is 11.3 Å². The van der Waals surface area contributed by atoms with E-state index >= 15 is 0 Å². The van der Waals surface area contributed by atoms with Gasteiger partial charge in [0.15, 0.2) is 5.82 Å². The quantitative estimate of drug-likeness (QED) is 0.848. The van der Waals surface area contributed by atoms with Crippen molar-refractivity contribution in [3.63, 3.8) is 0 Å². The normalized spacial score (nSPS) is 28.4. The molecule has 0 amide bonds. The minimum atomic E-state index is 0.335. The van der Waals surface area contributed by atoms with E-state index in [-0.39, 0.29) is 0 Å². The molecule has 0 bridgehead atoms. The van der Waals surface area contributed by atoms with Crippen LogP contribution >= 0.6 is 0 Å². The summed E-state index contributed by atoms with van der Waals surface area (Å²) in [6, 6.07) is 2.28. The van der Waals surface area contributed by atoms with Crippen molar-refractivity contribution in [3.8, 4) is 0 Å². The predicted molar refractivity (Wildman–Crippen MR) is 93.5 cm³/mol. The lowest BCUT2D eigenvalue weighted by Gasteiger charge is -2.45. The fourth-order valence-corrected chi connectivity index (χ4v) is 4.70. The first-order valence-corrected chi connectivity index (χ1v) is 9.50. The number of fused-ring (bicyclic) bond motifs is 1. The van der Waals surface area contributed by atoms with Gasteiger partial charge < -0.3 is 9.64 Å². The number of hydrogen-bond donors (Lipinski definition) is 0. The standard InChI is InChI=1S/C19H26N4O/c1-4-15(5-1)16-12-17-18(20-8-10-23(17)21-16)22-9-2-6-19(13-22)7-3-11-24-14-19/h8,10,12,15H,1-7,9,11,13-14H2. The highest BCUT2D eigenvalue weighted by Crippen LogP contribution is 2.40. The first-order valence-electron chi connectivity index (χ1n) is 9.50. The van der Waals surface area contributed by atoms with Crippen LogP contribution in [-0.2, 0) is 4.74 Å². The average molecular weight is 326 g/mol. The van der Waals surface area contributed by atoms with Gasteiger partial charge in [-0.25, -0.2) is 9.50 Å². The Bertz CT molecular complexity index is 725. The van der Waals surface area contributed by atoms with Gasteiger partial charge in [0.25, 0.3) is 0 Å². The number of piperidine rings is 1. The zero-order chi connectivity index (χ0) is 16.0. The lowest BCUT2D eigenvalue weighted by Crippen LogP contribution is -2.48. The minimum Gasteiger partial charge on any atom is -0.381 e. The Morgan fingerprint density at radius 2 is 2.08 bits per heavy atom. The number of hydrogen-bond acceptors (Lipinski definition) is 4. The van der Waals surface area contributed by atoms with Crippen molar-refractivity contribution in [1.29, 1.82) is 0 Å². The van der Waals surface area contributed by atoms with Crippen molar-refractivity contribution in [2.45, 2.75) is 50.9 Å². The van der Waals surface area contributed by atoms with E-state index in [1.807, 2.05) is 16.9 Å². The fraction of sp³-hybridized carbons (Fsp3) is 0.684. The van der Waals surface area contributed by atoms with Gasteiger partial charge in [-0.15, -0.1) is 0 Å². The Balaban J connectivity index is 1.47. The summed E-state index contributed by atoms with van der Waals surface area (Å²) in [5.41, 5.74) is 2.76. The molecule has 3 fully saturated rings. The topological polar surface area (TPSA) is 42.7 Å². The van der Waals surface area contributed by atoms with E-state index < -0.39 is 0 Å². The van der Waals surface area contributed by atoms with Gasteiger partial charge in [-0.05, 0) is 44.6 Å². The highest BCUT2D eigenvalue weighted by atomic mass is 16.5. The van der Waals surface area contributed by atoms with E-state index in [4.69, 9.17) is 14.8 Å². The molecule has 0 N–H and O–H groups in total. The summed E-state index contributed by atoms with van der Waals surface area (Å²) >= 11 is 0. The van der Waals surface area contributed by atoms with Crippen LogP contribution in [0.4, 0.5) is 5.82 Å². The molecule has 2 saturated heterocycles. The molecular formula is C19H26N4O. The van der Waals surface area contributed by atoms with Gasteiger partial charge in [-0.3, -0.25) is 0 Å². The van der Waals surface area contributed by atoms with Gasteiger partial charge in [0, 0.05) is 43.4 Å². The van der Waals surface area contributed by atoms with Crippen LogP contribution in [0.3, 0.4) is 0 Å². The second-order valence-electron chi connectivity index (χ2n) is 7.96. The third-order valence-electron chi connectivity index (χ3n) is 6.28. The number of anilines is 1. The summed E-state index contributed by atoms with van der Waals surface area (Å²) in [6.07, 6.45) is 12.8. The van der Waals surface area contributed by atoms with Crippen LogP contribution in [0.25, 0.3) is 5.52 Å². The largest absolute Gasteiger partial charge is 0.381 e. The maximum Gasteiger partial charge on any atom is 0.154 e. The zero-order valence-electron chi connectivity index (χ0n) is 14.3. The van der Waals surface area contributed by atoms with Crippen LogP contribution in [-0.4, -0.2) is 40.9 Å². The Morgan fingerprint density at radius 1 is 1.17 bits per heavy atom. The molecule has 3 aliphatic rings. The van der Waals surface area contributed by atoms with Crippen LogP contribution < -0.4 is 4.90 Å². The Morgan fingerprint density at radius 3 is 2.88 bits per heavy atom. The lowest BCUT2D eigenvalue weighted by atomic mass is 9.76. The molecule has 128 valence electrons. The van der Waals surface area contributed by atoms with Crippen LogP contribution in [0.1, 0.15) is 56.6 Å². The summed E-state index contributed by atoms with van der Waals surface area (Å²) in [5, 5.41) is 4.82. The smallest absolute Gasteiger partial charge is 0.154 e. The number of nitrogens with zero attached hydrogens (tertiary/aromatic N) is 4. The third-order valence-corrected chi connectivity index (χ3v) is 6.28. The van der Waals surface area contributed by atoms with Gasteiger partial charge in [0.05, 0.1) is 12.3 Å². The summed E-state index contributed by atoms with van der Waals surface area (Å²) < 4.78 is 7.86. The van der Waals surface area contributed by atoms with Crippen LogP contribution in [0, 0.1) is 5.41 Å². The Labute approximate surface area is 143 Å². The van der Waals surface area contributed by atoms with Crippen molar-refractivity contribution in [2.75, 3.05) is 31.2 Å². The molecule has 1 aliphatic carbocycles. The molecule has 1 saturated carbocycles. The highest BCUT2D eigenvalue weighted by molar-refractivity contribution is 5.69. The number of aromatic nitrogens is 3. The van der Waals surface area contributed by atoms with Gasteiger partial charge in [0.1, 0.15) is 5.52 Å².